The zero-order valence-corrected chi connectivity index (χ0v) is 13.3. The van der Waals surface area contributed by atoms with Crippen molar-refractivity contribution in [2.45, 2.75) is 19.8 Å². The molecule has 112 valence electrons. The largest absolute Gasteiger partial charge is 0.356 e. The lowest BCUT2D eigenvalue weighted by atomic mass is 10.0. The molecule has 20 heavy (non-hydrogen) atoms. The van der Waals surface area contributed by atoms with Crippen molar-refractivity contribution in [2.24, 2.45) is 5.92 Å². The Kier molecular flexibility index (Phi) is 4.29. The lowest BCUT2D eigenvalue weighted by Gasteiger charge is -2.41. The van der Waals surface area contributed by atoms with Crippen LogP contribution < -0.4 is 4.90 Å². The van der Waals surface area contributed by atoms with Crippen LogP contribution in [0, 0.1) is 5.92 Å². The second kappa shape index (κ2) is 5.65. The second-order valence-electron chi connectivity index (χ2n) is 5.74. The summed E-state index contributed by atoms with van der Waals surface area (Å²) in [6.07, 6.45) is 3.02. The Bertz CT molecular complexity index is 567. The Labute approximate surface area is 120 Å². The first kappa shape index (κ1) is 15.2. The maximum Gasteiger partial charge on any atom is 0.210 e. The molecule has 0 saturated carbocycles. The van der Waals surface area contributed by atoms with Crippen molar-refractivity contribution >= 4 is 15.8 Å². The van der Waals surface area contributed by atoms with Crippen LogP contribution in [0.15, 0.2) is 12.3 Å². The summed E-state index contributed by atoms with van der Waals surface area (Å²) in [4.78, 5) is 11.0. The summed E-state index contributed by atoms with van der Waals surface area (Å²) in [5, 5.41) is 0. The maximum absolute atomic E-state index is 11.4. The summed E-state index contributed by atoms with van der Waals surface area (Å²) in [5.41, 5.74) is 0. The van der Waals surface area contributed by atoms with E-state index in [0.29, 0.717) is 18.4 Å². The minimum Gasteiger partial charge on any atom is -0.356 e. The van der Waals surface area contributed by atoms with Gasteiger partial charge in [0.1, 0.15) is 11.6 Å². The van der Waals surface area contributed by atoms with E-state index in [4.69, 9.17) is 0 Å². The van der Waals surface area contributed by atoms with E-state index in [1.165, 1.54) is 10.6 Å². The molecule has 1 fully saturated rings. The number of sulfonamides is 1. The van der Waals surface area contributed by atoms with Gasteiger partial charge in [0.25, 0.3) is 0 Å². The lowest BCUT2D eigenvalue weighted by molar-refractivity contribution is 0.327. The molecule has 0 aliphatic carbocycles. The Morgan fingerprint density at radius 1 is 1.45 bits per heavy atom. The van der Waals surface area contributed by atoms with Crippen LogP contribution in [0.2, 0.25) is 0 Å². The normalized spacial score (nSPS) is 16.8. The van der Waals surface area contributed by atoms with E-state index in [0.717, 1.165) is 24.7 Å². The zero-order chi connectivity index (χ0) is 14.9. The third kappa shape index (κ3) is 3.46. The smallest absolute Gasteiger partial charge is 0.210 e. The summed E-state index contributed by atoms with van der Waals surface area (Å²) in [6.45, 7) is 6.39. The van der Waals surface area contributed by atoms with Gasteiger partial charge in [-0.2, -0.15) is 0 Å². The molecule has 0 bridgehead atoms. The molecular weight excluding hydrogens is 276 g/mol. The Morgan fingerprint density at radius 3 is 2.65 bits per heavy atom. The van der Waals surface area contributed by atoms with Gasteiger partial charge in [0, 0.05) is 44.7 Å². The highest BCUT2D eigenvalue weighted by Gasteiger charge is 2.30. The van der Waals surface area contributed by atoms with E-state index in [2.05, 4.69) is 28.7 Å². The van der Waals surface area contributed by atoms with Crippen LogP contribution in [0.1, 0.15) is 25.6 Å². The van der Waals surface area contributed by atoms with Crippen LogP contribution >= 0.6 is 0 Å². The average molecular weight is 298 g/mol. The van der Waals surface area contributed by atoms with Crippen molar-refractivity contribution < 1.29 is 8.42 Å². The maximum atomic E-state index is 11.4. The number of hydrogen-bond donors (Lipinski definition) is 0. The van der Waals surface area contributed by atoms with Gasteiger partial charge in [0.15, 0.2) is 0 Å². The molecule has 2 heterocycles. The van der Waals surface area contributed by atoms with Gasteiger partial charge in [-0.3, -0.25) is 0 Å². The van der Waals surface area contributed by atoms with Crippen molar-refractivity contribution in [1.29, 1.82) is 0 Å². The van der Waals surface area contributed by atoms with E-state index in [9.17, 15) is 8.42 Å². The highest BCUT2D eigenvalue weighted by Crippen LogP contribution is 2.24. The van der Waals surface area contributed by atoms with Gasteiger partial charge >= 0.3 is 0 Å². The minimum absolute atomic E-state index is 0.309. The average Bonchev–Trinajstić information content (AvgIpc) is 2.31. The number of anilines is 1. The van der Waals surface area contributed by atoms with Gasteiger partial charge in [0.2, 0.25) is 10.0 Å². The van der Waals surface area contributed by atoms with Crippen LogP contribution in [0.25, 0.3) is 0 Å². The summed E-state index contributed by atoms with van der Waals surface area (Å²) < 4.78 is 24.2. The Balaban J connectivity index is 1.92. The molecule has 0 amide bonds. The first-order valence-corrected chi connectivity index (χ1v) is 8.61. The van der Waals surface area contributed by atoms with E-state index in [1.54, 1.807) is 13.2 Å². The molecule has 0 radical (unpaired) electrons. The third-order valence-corrected chi connectivity index (χ3v) is 4.82. The fraction of sp³-hybridized carbons (Fsp3) is 0.692. The fourth-order valence-electron chi connectivity index (χ4n) is 2.19. The molecule has 0 atom stereocenters. The van der Waals surface area contributed by atoms with Crippen LogP contribution in [0.3, 0.4) is 0 Å². The van der Waals surface area contributed by atoms with E-state index < -0.39 is 10.0 Å². The summed E-state index contributed by atoms with van der Waals surface area (Å²) in [6, 6.07) is 1.91. The van der Waals surface area contributed by atoms with Gasteiger partial charge in [-0.05, 0) is 6.07 Å². The summed E-state index contributed by atoms with van der Waals surface area (Å²) in [5.74, 6) is 2.46. The number of aromatic nitrogens is 2. The number of rotatable bonds is 5. The second-order valence-corrected chi connectivity index (χ2v) is 7.83. The molecule has 7 heteroatoms. The molecule has 1 aliphatic heterocycles. The quantitative estimate of drug-likeness (QED) is 0.809. The van der Waals surface area contributed by atoms with Gasteiger partial charge < -0.3 is 4.90 Å². The predicted molar refractivity (Wildman–Crippen MR) is 79.3 cm³/mol. The molecule has 2 rings (SSSR count). The lowest BCUT2D eigenvalue weighted by Crippen LogP contribution is -2.52. The van der Waals surface area contributed by atoms with Gasteiger partial charge in [-0.1, -0.05) is 13.8 Å². The van der Waals surface area contributed by atoms with Crippen LogP contribution in [-0.4, -0.2) is 55.6 Å². The standard InChI is InChI=1S/C13H22N4O2S/c1-10(2)13-14-6-5-12(15-13)17-8-11(9-17)7-16(3)20(4,18)19/h5-6,10-11H,7-9H2,1-4H3. The molecule has 0 aromatic carbocycles. The number of nitrogens with zero attached hydrogens (tertiary/aromatic N) is 4. The van der Waals surface area contributed by atoms with Gasteiger partial charge in [-0.15, -0.1) is 0 Å². The molecule has 1 aromatic rings. The fourth-order valence-corrected chi connectivity index (χ4v) is 2.67. The number of hydrogen-bond acceptors (Lipinski definition) is 5. The SMILES string of the molecule is CC(C)c1nccc(N2CC(CN(C)S(C)(=O)=O)C2)n1. The highest BCUT2D eigenvalue weighted by atomic mass is 32.2. The van der Waals surface area contributed by atoms with Gasteiger partial charge in [0.05, 0.1) is 6.26 Å². The molecule has 1 saturated heterocycles. The van der Waals surface area contributed by atoms with Crippen molar-refractivity contribution in [3.8, 4) is 0 Å². The minimum atomic E-state index is -3.08. The van der Waals surface area contributed by atoms with Crippen molar-refractivity contribution in [1.82, 2.24) is 14.3 Å². The molecular formula is C13H22N4O2S. The monoisotopic (exact) mass is 298 g/mol. The molecule has 0 N–H and O–H groups in total. The highest BCUT2D eigenvalue weighted by molar-refractivity contribution is 7.88. The summed E-state index contributed by atoms with van der Waals surface area (Å²) >= 11 is 0. The first-order chi connectivity index (χ1) is 9.27. The van der Waals surface area contributed by atoms with Crippen molar-refractivity contribution in [2.75, 3.05) is 37.8 Å². The molecule has 0 spiro atoms. The van der Waals surface area contributed by atoms with E-state index in [-0.39, 0.29) is 0 Å². The predicted octanol–water partition coefficient (Wildman–Crippen LogP) is 0.928. The summed E-state index contributed by atoms with van der Waals surface area (Å²) in [7, 11) is -1.46. The van der Waals surface area contributed by atoms with Gasteiger partial charge in [-0.25, -0.2) is 22.7 Å². The third-order valence-electron chi connectivity index (χ3n) is 3.54. The van der Waals surface area contributed by atoms with Crippen LogP contribution in [-0.2, 0) is 10.0 Å². The first-order valence-electron chi connectivity index (χ1n) is 6.76. The van der Waals surface area contributed by atoms with E-state index in [1.807, 2.05) is 6.07 Å². The van der Waals surface area contributed by atoms with Crippen molar-refractivity contribution in [3.63, 3.8) is 0 Å². The Morgan fingerprint density at radius 2 is 2.10 bits per heavy atom. The van der Waals surface area contributed by atoms with E-state index >= 15 is 0 Å². The topological polar surface area (TPSA) is 66.4 Å². The Hall–Kier alpha value is -1.21. The molecule has 1 aromatic heterocycles. The van der Waals surface area contributed by atoms with Crippen molar-refractivity contribution in [3.05, 3.63) is 18.1 Å². The van der Waals surface area contributed by atoms with Crippen LogP contribution in [0.5, 0.6) is 0 Å². The molecule has 0 unspecified atom stereocenters. The van der Waals surface area contributed by atoms with Crippen LogP contribution in [0.4, 0.5) is 5.82 Å². The molecule has 1 aliphatic rings. The molecule has 6 nitrogen and oxygen atoms in total. The zero-order valence-electron chi connectivity index (χ0n) is 12.4.